The molecule has 600 valence electrons. The van der Waals surface area contributed by atoms with E-state index in [0.29, 0.717) is 0 Å². The van der Waals surface area contributed by atoms with E-state index in [1.54, 1.807) is 34.0 Å². The van der Waals surface area contributed by atoms with Crippen LogP contribution in [0.25, 0.3) is 173 Å². The Morgan fingerprint density at radius 2 is 0.541 bits per heavy atom. The molecule has 12 heteroatoms. The summed E-state index contributed by atoms with van der Waals surface area (Å²) in [7, 11) is 0. The molecule has 0 saturated heterocycles. The number of aromatic nitrogens is 8. The van der Waals surface area contributed by atoms with Crippen LogP contribution in [0.15, 0.2) is 296 Å². The second kappa shape index (κ2) is 30.2. The second-order valence-electron chi connectivity index (χ2n) is 37.4. The SMILES string of the molecule is CC(C)(C)c1nc(-c2ccc(-c3ccccc3)cc2)c2sc3ccccc3c2n1.CC(C)(C)c1nc(-c2ccc3c(c2)-c2ccccc2C3(C)C)c2oc3ccccc3c2n1.CC(C)(C)c1nc(-c2ccc3c(c2)-c2ccccc2C3(C)C)c2sc3ccccc3c2n1.CC(C)(C)c1nc(-c2cccc(-c3ccccc3)c2)c2sc3ccccc3c2n1. The predicted molar refractivity (Wildman–Crippen MR) is 517 cm³/mol. The van der Waals surface area contributed by atoms with Gasteiger partial charge in [-0.05, 0) is 115 Å². The van der Waals surface area contributed by atoms with Crippen molar-refractivity contribution in [3.63, 3.8) is 0 Å². The van der Waals surface area contributed by atoms with Crippen molar-refractivity contribution in [2.24, 2.45) is 0 Å². The molecule has 12 aromatic carbocycles. The molecule has 122 heavy (non-hydrogen) atoms. The summed E-state index contributed by atoms with van der Waals surface area (Å²) in [5.41, 5.74) is 29.2. The van der Waals surface area contributed by atoms with E-state index >= 15 is 0 Å². The Labute approximate surface area is 725 Å². The van der Waals surface area contributed by atoms with Crippen LogP contribution in [-0.2, 0) is 32.5 Å². The monoisotopic (exact) mass is 1640 g/mol. The minimum atomic E-state index is -0.174. The van der Waals surface area contributed by atoms with Crippen LogP contribution >= 0.6 is 34.0 Å². The molecule has 22 rings (SSSR count). The third-order valence-electron chi connectivity index (χ3n) is 23.8. The smallest absolute Gasteiger partial charge is 0.180 e. The molecule has 0 atom stereocenters. The number of hydrogen-bond donors (Lipinski definition) is 0. The lowest BCUT2D eigenvalue weighted by atomic mass is 9.82. The largest absolute Gasteiger partial charge is 0.452 e. The zero-order chi connectivity index (χ0) is 84.5. The average Bonchev–Trinajstić information content (AvgIpc) is 1.57. The third kappa shape index (κ3) is 14.3. The van der Waals surface area contributed by atoms with Gasteiger partial charge in [0.1, 0.15) is 40.1 Å². The minimum Gasteiger partial charge on any atom is -0.452 e. The summed E-state index contributed by atoms with van der Waals surface area (Å²) in [6, 6.07) is 103. The number of nitrogens with zero attached hydrogens (tertiary/aromatic N) is 8. The Kier molecular flexibility index (Phi) is 19.6. The van der Waals surface area contributed by atoms with E-state index in [1.807, 2.05) is 30.3 Å². The van der Waals surface area contributed by atoms with Crippen LogP contribution in [0.3, 0.4) is 0 Å². The molecule has 0 unspecified atom stereocenters. The highest BCUT2D eigenvalue weighted by molar-refractivity contribution is 7.27. The lowest BCUT2D eigenvalue weighted by Gasteiger charge is -2.21. The molecule has 8 heterocycles. The summed E-state index contributed by atoms with van der Waals surface area (Å²) in [4.78, 5) is 40.3. The van der Waals surface area contributed by atoms with Crippen LogP contribution in [0, 0.1) is 0 Å². The standard InChI is InChI=1S/C29H26N2O.C29H26N2S.2C26H22N2S/c2*1-28(2,3)27-30-24(26-25(31-27)19-11-7-9-13-23(19)32-26)17-14-15-22-20(16-17)18-10-6-8-12-21(18)29(22,4)5;1-26(2,3)25-27-22(24-23(28-25)20-14-7-8-15-21(20)29-24)19-13-9-12-18(16-19)17-10-5-4-6-11-17;1-26(2,3)25-27-22(24-23(28-25)20-11-7-8-12-21(20)29-24)19-15-13-18(14-16-19)17-9-5-4-6-10-17/h2*6-16H,1-5H3;2*4-16H,1-3H3. The van der Waals surface area contributed by atoms with Gasteiger partial charge in [0.25, 0.3) is 0 Å². The molecule has 0 bridgehead atoms. The van der Waals surface area contributed by atoms with Gasteiger partial charge in [0, 0.05) is 90.4 Å². The quantitative estimate of drug-likeness (QED) is 0.160. The fourth-order valence-corrected chi connectivity index (χ4v) is 20.6. The van der Waals surface area contributed by atoms with E-state index in [4.69, 9.17) is 44.3 Å². The molecule has 2 aliphatic rings. The molecule has 0 fully saturated rings. The van der Waals surface area contributed by atoms with Gasteiger partial charge < -0.3 is 4.42 Å². The van der Waals surface area contributed by atoms with Crippen molar-refractivity contribution in [3.8, 4) is 89.5 Å². The predicted octanol–water partition coefficient (Wildman–Crippen LogP) is 30.7. The van der Waals surface area contributed by atoms with Crippen LogP contribution in [0.1, 0.15) is 156 Å². The van der Waals surface area contributed by atoms with Crippen molar-refractivity contribution in [1.29, 1.82) is 0 Å². The second-order valence-corrected chi connectivity index (χ2v) is 40.6. The normalized spacial score (nSPS) is 13.4. The molecule has 2 aliphatic carbocycles. The molecule has 0 amide bonds. The zero-order valence-corrected chi connectivity index (χ0v) is 74.4. The van der Waals surface area contributed by atoms with Gasteiger partial charge in [0.15, 0.2) is 5.58 Å². The van der Waals surface area contributed by atoms with E-state index in [1.165, 1.54) is 107 Å². The summed E-state index contributed by atoms with van der Waals surface area (Å²) in [6.07, 6.45) is 0. The van der Waals surface area contributed by atoms with Crippen LogP contribution in [0.4, 0.5) is 0 Å². The van der Waals surface area contributed by atoms with Gasteiger partial charge in [0.2, 0.25) is 0 Å². The van der Waals surface area contributed by atoms with Crippen molar-refractivity contribution in [2.45, 2.75) is 143 Å². The van der Waals surface area contributed by atoms with Crippen molar-refractivity contribution < 1.29 is 4.42 Å². The minimum absolute atomic E-state index is 0.0125. The highest BCUT2D eigenvalue weighted by Crippen LogP contribution is 2.53. The van der Waals surface area contributed by atoms with Crippen LogP contribution < -0.4 is 0 Å². The van der Waals surface area contributed by atoms with Gasteiger partial charge >= 0.3 is 0 Å². The van der Waals surface area contributed by atoms with Crippen LogP contribution in [0.5, 0.6) is 0 Å². The summed E-state index contributed by atoms with van der Waals surface area (Å²) >= 11 is 5.35. The van der Waals surface area contributed by atoms with Gasteiger partial charge in [-0.2, -0.15) is 0 Å². The maximum atomic E-state index is 6.31. The fraction of sp³-hybridized carbons (Fsp3) is 0.200. The average molecular weight is 1640 g/mol. The summed E-state index contributed by atoms with van der Waals surface area (Å²) in [6.45, 7) is 35.3. The van der Waals surface area contributed by atoms with E-state index in [9.17, 15) is 0 Å². The first kappa shape index (κ1) is 79.2. The van der Waals surface area contributed by atoms with Gasteiger partial charge in [0.05, 0.1) is 47.7 Å². The maximum absolute atomic E-state index is 6.31. The van der Waals surface area contributed by atoms with E-state index in [0.717, 1.165) is 111 Å². The highest BCUT2D eigenvalue weighted by atomic mass is 32.1. The molecule has 8 aromatic heterocycles. The number of hydrogen-bond acceptors (Lipinski definition) is 12. The number of para-hydroxylation sites is 1. The van der Waals surface area contributed by atoms with E-state index < -0.39 is 0 Å². The third-order valence-corrected chi connectivity index (χ3v) is 27.3. The maximum Gasteiger partial charge on any atom is 0.180 e. The molecule has 9 nitrogen and oxygen atoms in total. The summed E-state index contributed by atoms with van der Waals surface area (Å²) in [5.74, 6) is 3.49. The first-order valence-corrected chi connectivity index (χ1v) is 44.6. The summed E-state index contributed by atoms with van der Waals surface area (Å²) < 4.78 is 13.6. The molecular weight excluding hydrogens is 1550 g/mol. The number of thiophene rings is 3. The Morgan fingerprint density at radius 1 is 0.238 bits per heavy atom. The molecule has 20 aromatic rings. The van der Waals surface area contributed by atoms with E-state index in [-0.39, 0.29) is 32.5 Å². The number of rotatable bonds is 6. The first-order chi connectivity index (χ1) is 58.5. The fourth-order valence-electron chi connectivity index (χ4n) is 17.2. The van der Waals surface area contributed by atoms with Crippen molar-refractivity contribution in [3.05, 3.63) is 337 Å². The number of benzene rings is 12. The van der Waals surface area contributed by atoms with Crippen molar-refractivity contribution >= 4 is 117 Å². The highest BCUT2D eigenvalue weighted by Gasteiger charge is 2.38. The molecule has 0 aliphatic heterocycles. The van der Waals surface area contributed by atoms with Crippen LogP contribution in [0.2, 0.25) is 0 Å². The van der Waals surface area contributed by atoms with Gasteiger partial charge in [-0.15, -0.1) is 34.0 Å². The summed E-state index contributed by atoms with van der Waals surface area (Å²) in [5, 5.41) is 4.67. The lowest BCUT2D eigenvalue weighted by Crippen LogP contribution is -2.16. The zero-order valence-electron chi connectivity index (χ0n) is 71.9. The van der Waals surface area contributed by atoms with Crippen molar-refractivity contribution in [1.82, 2.24) is 39.9 Å². The first-order valence-electron chi connectivity index (χ1n) is 42.1. The van der Waals surface area contributed by atoms with Crippen molar-refractivity contribution in [2.75, 3.05) is 0 Å². The Bertz CT molecular complexity index is 7250. The van der Waals surface area contributed by atoms with Gasteiger partial charge in [-0.1, -0.05) is 353 Å². The Balaban J connectivity index is 0.000000107. The van der Waals surface area contributed by atoms with Gasteiger partial charge in [-0.25, -0.2) is 39.9 Å². The van der Waals surface area contributed by atoms with Crippen LogP contribution in [-0.4, -0.2) is 39.9 Å². The Morgan fingerprint density at radius 3 is 0.984 bits per heavy atom. The van der Waals surface area contributed by atoms with E-state index in [2.05, 4.69) is 372 Å². The number of furan rings is 1. The Hall–Kier alpha value is -12.6. The van der Waals surface area contributed by atoms with Gasteiger partial charge in [-0.3, -0.25) is 0 Å². The molecule has 0 radical (unpaired) electrons. The molecule has 0 saturated carbocycles. The molecular formula is C110H96N8OS3. The topological polar surface area (TPSA) is 116 Å². The number of fused-ring (bicyclic) bond motifs is 18. The lowest BCUT2D eigenvalue weighted by molar-refractivity contribution is 0.547. The molecule has 0 N–H and O–H groups in total. The molecule has 0 spiro atoms.